The predicted octanol–water partition coefficient (Wildman–Crippen LogP) is 7.20. The van der Waals surface area contributed by atoms with E-state index in [1.807, 2.05) is 10.6 Å². The second-order valence-electron chi connectivity index (χ2n) is 9.53. The maximum atomic E-state index is 13.9. The van der Waals surface area contributed by atoms with Gasteiger partial charge in [-0.05, 0) is 66.2 Å². The average Bonchev–Trinajstić information content (AvgIpc) is 2.93. The van der Waals surface area contributed by atoms with Crippen molar-refractivity contribution in [1.82, 2.24) is 0 Å². The quantitative estimate of drug-likeness (QED) is 0.0977. The second kappa shape index (κ2) is 12.6. The van der Waals surface area contributed by atoms with Gasteiger partial charge in [-0.2, -0.15) is 26.3 Å². The number of rotatable bonds is 7. The largest absolute Gasteiger partial charge is 0.416 e. The number of hydrogen-bond donors (Lipinski definition) is 4. The molecule has 0 fully saturated rings. The molecule has 45 heavy (non-hydrogen) atoms. The average molecular weight is 636 g/mol. The lowest BCUT2D eigenvalue weighted by atomic mass is 9.95. The van der Waals surface area contributed by atoms with E-state index in [4.69, 9.17) is 5.73 Å². The Bertz CT molecular complexity index is 1680. The van der Waals surface area contributed by atoms with Crippen LogP contribution in [0.15, 0.2) is 84.9 Å². The fourth-order valence-corrected chi connectivity index (χ4v) is 4.13. The number of anilines is 4. The van der Waals surface area contributed by atoms with Crippen LogP contribution < -0.4 is 21.7 Å². The molecule has 0 atom stereocenters. The lowest BCUT2D eigenvalue weighted by Crippen LogP contribution is -2.32. The molecule has 4 aromatic carbocycles. The van der Waals surface area contributed by atoms with E-state index in [-0.39, 0.29) is 34.6 Å². The molecule has 4 aromatic rings. The number of carbonyl (C=O) groups is 3. The predicted molar refractivity (Wildman–Crippen MR) is 148 cm³/mol. The Labute approximate surface area is 249 Å². The van der Waals surface area contributed by atoms with Gasteiger partial charge in [0.2, 0.25) is 11.8 Å². The van der Waals surface area contributed by atoms with Crippen LogP contribution in [0.1, 0.15) is 33.0 Å². The van der Waals surface area contributed by atoms with Gasteiger partial charge in [0.1, 0.15) is 17.6 Å². The highest BCUT2D eigenvalue weighted by Crippen LogP contribution is 2.34. The molecule has 0 saturated carbocycles. The van der Waals surface area contributed by atoms with Crippen LogP contribution in [0.5, 0.6) is 0 Å². The van der Waals surface area contributed by atoms with Crippen molar-refractivity contribution in [2.24, 2.45) is 0 Å². The first kappa shape index (κ1) is 32.4. The molecular formula is C30H20F8N4O3. The van der Waals surface area contributed by atoms with Crippen molar-refractivity contribution in [3.63, 3.8) is 0 Å². The van der Waals surface area contributed by atoms with Crippen LogP contribution >= 0.6 is 0 Å². The highest BCUT2D eigenvalue weighted by molar-refractivity contribution is 6.15. The van der Waals surface area contributed by atoms with Crippen molar-refractivity contribution < 1.29 is 49.5 Å². The molecule has 0 heterocycles. The Morgan fingerprint density at radius 3 is 1.53 bits per heavy atom. The van der Waals surface area contributed by atoms with Crippen LogP contribution in [-0.2, 0) is 21.9 Å². The minimum Gasteiger partial charge on any atom is -0.397 e. The van der Waals surface area contributed by atoms with Gasteiger partial charge in [0.15, 0.2) is 0 Å². The standard InChI is InChI=1S/C30H20F8N4O3/c31-19-9-17(29(33,34)35)11-21(13-19)40-27(44)25(28(45)41-22-12-18(30(36,37)38)10-20(32)14-22)15-5-7-16(8-6-15)26(43)42-24-4-2-1-3-23(24)39/h1-14,25H,39H2,(H,40,44)(H,41,45)(H,42,43). The third-order valence-electron chi connectivity index (χ3n) is 6.22. The fraction of sp³-hybridized carbons (Fsp3) is 0.100. The van der Waals surface area contributed by atoms with E-state index in [0.717, 1.165) is 12.1 Å². The monoisotopic (exact) mass is 636 g/mol. The minimum atomic E-state index is -4.99. The summed E-state index contributed by atoms with van der Waals surface area (Å²) < 4.78 is 107. The lowest BCUT2D eigenvalue weighted by molar-refractivity contribution is -0.138. The molecule has 0 aromatic heterocycles. The van der Waals surface area contributed by atoms with Crippen LogP contribution in [-0.4, -0.2) is 17.7 Å². The summed E-state index contributed by atoms with van der Waals surface area (Å²) in [4.78, 5) is 39.3. The van der Waals surface area contributed by atoms with Crippen LogP contribution in [0.2, 0.25) is 0 Å². The number of carbonyl (C=O) groups excluding carboxylic acids is 3. The van der Waals surface area contributed by atoms with E-state index >= 15 is 0 Å². The van der Waals surface area contributed by atoms with Gasteiger partial charge in [-0.15, -0.1) is 0 Å². The van der Waals surface area contributed by atoms with Crippen LogP contribution in [0, 0.1) is 11.6 Å². The molecule has 0 aliphatic heterocycles. The molecule has 15 heteroatoms. The summed E-state index contributed by atoms with van der Waals surface area (Å²) in [5, 5.41) is 6.55. The normalized spacial score (nSPS) is 11.7. The molecule has 0 aliphatic carbocycles. The van der Waals surface area contributed by atoms with E-state index in [1.165, 1.54) is 24.3 Å². The maximum Gasteiger partial charge on any atom is 0.416 e. The number of nitrogens with one attached hydrogen (secondary N) is 3. The topological polar surface area (TPSA) is 113 Å². The molecule has 234 valence electrons. The van der Waals surface area contributed by atoms with Gasteiger partial charge in [0.05, 0.1) is 22.5 Å². The van der Waals surface area contributed by atoms with Gasteiger partial charge in [0, 0.05) is 16.9 Å². The van der Waals surface area contributed by atoms with Crippen molar-refractivity contribution in [3.05, 3.63) is 119 Å². The zero-order valence-corrected chi connectivity index (χ0v) is 22.5. The van der Waals surface area contributed by atoms with Gasteiger partial charge < -0.3 is 21.7 Å². The summed E-state index contributed by atoms with van der Waals surface area (Å²) in [7, 11) is 0. The summed E-state index contributed by atoms with van der Waals surface area (Å²) in [6, 6.07) is 13.2. The Morgan fingerprint density at radius 1 is 0.622 bits per heavy atom. The smallest absolute Gasteiger partial charge is 0.397 e. The highest BCUT2D eigenvalue weighted by Gasteiger charge is 2.34. The summed E-state index contributed by atoms with van der Waals surface area (Å²) in [5.41, 5.74) is 1.91. The zero-order chi connectivity index (χ0) is 33.1. The van der Waals surface area contributed by atoms with Crippen molar-refractivity contribution in [1.29, 1.82) is 0 Å². The molecule has 5 N–H and O–H groups in total. The number of amides is 3. The first-order chi connectivity index (χ1) is 21.0. The molecule has 0 unspecified atom stereocenters. The number of para-hydroxylation sites is 2. The lowest BCUT2D eigenvalue weighted by Gasteiger charge is -2.19. The summed E-state index contributed by atoms with van der Waals surface area (Å²) in [6.45, 7) is 0. The first-order valence-corrected chi connectivity index (χ1v) is 12.6. The molecule has 3 amide bonds. The number of nitrogen functional groups attached to an aromatic ring is 1. The Balaban J connectivity index is 1.67. The van der Waals surface area contributed by atoms with Crippen LogP contribution in [0.3, 0.4) is 0 Å². The minimum absolute atomic E-state index is 0.0152. The number of alkyl halides is 6. The molecule has 0 saturated heterocycles. The molecule has 4 rings (SSSR count). The molecule has 0 spiro atoms. The third-order valence-corrected chi connectivity index (χ3v) is 6.22. The second-order valence-corrected chi connectivity index (χ2v) is 9.53. The number of benzene rings is 4. The SMILES string of the molecule is Nc1ccccc1NC(=O)c1ccc(C(C(=O)Nc2cc(F)cc(C(F)(F)F)c2)C(=O)Nc2cc(F)cc(C(F)(F)F)c2)cc1. The Kier molecular flexibility index (Phi) is 9.11. The first-order valence-electron chi connectivity index (χ1n) is 12.6. The highest BCUT2D eigenvalue weighted by atomic mass is 19.4. The van der Waals surface area contributed by atoms with Crippen LogP contribution in [0.25, 0.3) is 0 Å². The summed E-state index contributed by atoms with van der Waals surface area (Å²) in [5.74, 6) is -8.03. The molecule has 0 bridgehead atoms. The van der Waals surface area contributed by atoms with E-state index in [9.17, 15) is 49.5 Å². The van der Waals surface area contributed by atoms with E-state index in [0.29, 0.717) is 24.3 Å². The van der Waals surface area contributed by atoms with Crippen molar-refractivity contribution in [2.45, 2.75) is 18.3 Å². The van der Waals surface area contributed by atoms with Crippen molar-refractivity contribution in [3.8, 4) is 0 Å². The van der Waals surface area contributed by atoms with Gasteiger partial charge in [-0.25, -0.2) is 8.78 Å². The maximum absolute atomic E-state index is 13.9. The van der Waals surface area contributed by atoms with Crippen LogP contribution in [0.4, 0.5) is 57.9 Å². The van der Waals surface area contributed by atoms with Gasteiger partial charge in [-0.1, -0.05) is 24.3 Å². The molecular weight excluding hydrogens is 616 g/mol. The zero-order valence-electron chi connectivity index (χ0n) is 22.5. The van der Waals surface area contributed by atoms with E-state index < -0.39 is 70.1 Å². The summed E-state index contributed by atoms with van der Waals surface area (Å²) >= 11 is 0. The molecule has 7 nitrogen and oxygen atoms in total. The summed E-state index contributed by atoms with van der Waals surface area (Å²) in [6.07, 6.45) is -9.99. The van der Waals surface area contributed by atoms with E-state index in [2.05, 4.69) is 5.32 Å². The van der Waals surface area contributed by atoms with Gasteiger partial charge >= 0.3 is 12.4 Å². The van der Waals surface area contributed by atoms with Crippen molar-refractivity contribution >= 4 is 40.5 Å². The Hall–Kier alpha value is -5.47. The molecule has 0 aliphatic rings. The van der Waals surface area contributed by atoms with Gasteiger partial charge in [-0.3, -0.25) is 14.4 Å². The van der Waals surface area contributed by atoms with Crippen molar-refractivity contribution in [2.75, 3.05) is 21.7 Å². The van der Waals surface area contributed by atoms with Gasteiger partial charge in [0.25, 0.3) is 5.91 Å². The Morgan fingerprint density at radius 2 is 1.09 bits per heavy atom. The number of halogens is 8. The number of nitrogens with two attached hydrogens (primary N) is 1. The fourth-order valence-electron chi connectivity index (χ4n) is 4.13. The van der Waals surface area contributed by atoms with E-state index in [1.54, 1.807) is 12.1 Å². The number of hydrogen-bond acceptors (Lipinski definition) is 4. The molecule has 0 radical (unpaired) electrons. The third kappa shape index (κ3) is 8.13.